The standard InChI is InChI=1S/C24H25N/c1-2-3-4-5-7-10-19-13-16-24(25)23(17-19)22-15-14-21(18-22)20-11-8-6-9-12-20/h4-13,15-18H,2-3,14,25H2,1H3/b5-4-,10-7?. The average Bonchev–Trinajstić information content (AvgIpc) is 3.13. The third kappa shape index (κ3) is 4.39. The summed E-state index contributed by atoms with van der Waals surface area (Å²) in [5, 5.41) is 0. The van der Waals surface area contributed by atoms with Gasteiger partial charge in [0.2, 0.25) is 0 Å². The van der Waals surface area contributed by atoms with E-state index in [0.717, 1.165) is 24.1 Å². The third-order valence-electron chi connectivity index (χ3n) is 4.40. The SMILES string of the molecule is CCC/C=C\C=Cc1ccc(N)c(C2=CCC(c3ccccc3)=C2)c1. The highest BCUT2D eigenvalue weighted by Gasteiger charge is 2.12. The van der Waals surface area contributed by atoms with E-state index in [2.05, 4.69) is 85.8 Å². The number of allylic oxidation sites excluding steroid dienone is 7. The van der Waals surface area contributed by atoms with E-state index in [1.807, 2.05) is 6.07 Å². The smallest absolute Gasteiger partial charge is 0.0394 e. The lowest BCUT2D eigenvalue weighted by Crippen LogP contribution is -1.92. The number of unbranched alkanes of at least 4 members (excludes halogenated alkanes) is 1. The Morgan fingerprint density at radius 3 is 2.68 bits per heavy atom. The summed E-state index contributed by atoms with van der Waals surface area (Å²) < 4.78 is 0. The molecule has 0 amide bonds. The maximum atomic E-state index is 6.24. The summed E-state index contributed by atoms with van der Waals surface area (Å²) in [6.45, 7) is 2.19. The van der Waals surface area contributed by atoms with Gasteiger partial charge in [-0.25, -0.2) is 0 Å². The molecule has 0 spiro atoms. The molecule has 2 N–H and O–H groups in total. The van der Waals surface area contributed by atoms with E-state index in [0.29, 0.717) is 0 Å². The Hall–Kier alpha value is -2.80. The van der Waals surface area contributed by atoms with Gasteiger partial charge in [0.25, 0.3) is 0 Å². The van der Waals surface area contributed by atoms with Gasteiger partial charge in [-0.2, -0.15) is 0 Å². The summed E-state index contributed by atoms with van der Waals surface area (Å²) in [5.41, 5.74) is 13.2. The van der Waals surface area contributed by atoms with Crippen LogP contribution in [0.4, 0.5) is 5.69 Å². The number of rotatable bonds is 6. The first-order chi connectivity index (χ1) is 12.3. The molecule has 2 aromatic carbocycles. The lowest BCUT2D eigenvalue weighted by Gasteiger charge is -2.07. The lowest BCUT2D eigenvalue weighted by molar-refractivity contribution is 0.959. The highest BCUT2D eigenvalue weighted by atomic mass is 14.6. The van der Waals surface area contributed by atoms with Crippen LogP contribution in [0, 0.1) is 0 Å². The number of nitrogen functional groups attached to an aromatic ring is 1. The highest BCUT2D eigenvalue weighted by molar-refractivity contribution is 5.92. The Labute approximate surface area is 150 Å². The molecular weight excluding hydrogens is 302 g/mol. The summed E-state index contributed by atoms with van der Waals surface area (Å²) in [7, 11) is 0. The van der Waals surface area contributed by atoms with Gasteiger partial charge in [0.05, 0.1) is 0 Å². The Morgan fingerprint density at radius 1 is 1.04 bits per heavy atom. The summed E-state index contributed by atoms with van der Waals surface area (Å²) in [5.74, 6) is 0. The molecule has 1 nitrogen and oxygen atoms in total. The van der Waals surface area contributed by atoms with Crippen LogP contribution in [0.1, 0.15) is 42.9 Å². The second kappa shape index (κ2) is 8.34. The Bertz CT molecular complexity index is 836. The van der Waals surface area contributed by atoms with Gasteiger partial charge in [-0.15, -0.1) is 0 Å². The van der Waals surface area contributed by atoms with Crippen LogP contribution in [0.15, 0.2) is 78.9 Å². The molecule has 0 bridgehead atoms. The summed E-state index contributed by atoms with van der Waals surface area (Å²) >= 11 is 0. The second-order valence-electron chi connectivity index (χ2n) is 6.32. The number of hydrogen-bond donors (Lipinski definition) is 1. The van der Waals surface area contributed by atoms with Crippen LogP contribution in [0.25, 0.3) is 17.2 Å². The van der Waals surface area contributed by atoms with Crippen molar-refractivity contribution in [3.05, 3.63) is 95.6 Å². The molecule has 0 aliphatic heterocycles. The van der Waals surface area contributed by atoms with Crippen molar-refractivity contribution in [2.75, 3.05) is 5.73 Å². The average molecular weight is 327 g/mol. The van der Waals surface area contributed by atoms with Gasteiger partial charge in [0.15, 0.2) is 0 Å². The molecule has 1 aliphatic rings. The topological polar surface area (TPSA) is 26.0 Å². The van der Waals surface area contributed by atoms with Crippen molar-refractivity contribution < 1.29 is 0 Å². The van der Waals surface area contributed by atoms with Crippen molar-refractivity contribution in [1.82, 2.24) is 0 Å². The van der Waals surface area contributed by atoms with Crippen molar-refractivity contribution in [1.29, 1.82) is 0 Å². The number of benzene rings is 2. The van der Waals surface area contributed by atoms with Crippen LogP contribution in [-0.2, 0) is 0 Å². The Kier molecular flexibility index (Phi) is 5.69. The van der Waals surface area contributed by atoms with Crippen LogP contribution in [-0.4, -0.2) is 0 Å². The molecule has 3 rings (SSSR count). The van der Waals surface area contributed by atoms with Gasteiger partial charge in [0.1, 0.15) is 0 Å². The van der Waals surface area contributed by atoms with Gasteiger partial charge < -0.3 is 5.73 Å². The highest BCUT2D eigenvalue weighted by Crippen LogP contribution is 2.34. The first-order valence-corrected chi connectivity index (χ1v) is 8.97. The first kappa shape index (κ1) is 17.0. The molecule has 0 radical (unpaired) electrons. The molecule has 0 heterocycles. The molecule has 1 aliphatic carbocycles. The maximum absolute atomic E-state index is 6.24. The zero-order chi connectivity index (χ0) is 17.5. The van der Waals surface area contributed by atoms with Crippen LogP contribution >= 0.6 is 0 Å². The normalized spacial score (nSPS) is 14.3. The molecule has 0 saturated carbocycles. The van der Waals surface area contributed by atoms with Crippen LogP contribution in [0.5, 0.6) is 0 Å². The van der Waals surface area contributed by atoms with Crippen molar-refractivity contribution in [2.24, 2.45) is 0 Å². The van der Waals surface area contributed by atoms with Crippen LogP contribution in [0.3, 0.4) is 0 Å². The van der Waals surface area contributed by atoms with E-state index in [-0.39, 0.29) is 0 Å². The molecule has 0 aromatic heterocycles. The molecule has 0 saturated heterocycles. The lowest BCUT2D eigenvalue weighted by atomic mass is 10.0. The predicted octanol–water partition coefficient (Wildman–Crippen LogP) is 6.51. The monoisotopic (exact) mass is 327 g/mol. The van der Waals surface area contributed by atoms with E-state index in [1.54, 1.807) is 0 Å². The predicted molar refractivity (Wildman–Crippen MR) is 111 cm³/mol. The van der Waals surface area contributed by atoms with Gasteiger partial charge in [0, 0.05) is 11.3 Å². The quantitative estimate of drug-likeness (QED) is 0.475. The Morgan fingerprint density at radius 2 is 1.88 bits per heavy atom. The molecular formula is C24H25N. The molecule has 0 atom stereocenters. The molecule has 2 aromatic rings. The zero-order valence-corrected chi connectivity index (χ0v) is 14.8. The maximum Gasteiger partial charge on any atom is 0.0394 e. The van der Waals surface area contributed by atoms with Crippen molar-refractivity contribution in [3.8, 4) is 0 Å². The summed E-state index contributed by atoms with van der Waals surface area (Å²) in [6, 6.07) is 16.8. The minimum atomic E-state index is 0.829. The van der Waals surface area contributed by atoms with E-state index in [4.69, 9.17) is 5.73 Å². The second-order valence-corrected chi connectivity index (χ2v) is 6.32. The zero-order valence-electron chi connectivity index (χ0n) is 14.8. The molecule has 0 unspecified atom stereocenters. The van der Waals surface area contributed by atoms with Gasteiger partial charge in [-0.05, 0) is 47.2 Å². The molecule has 0 fully saturated rings. The minimum Gasteiger partial charge on any atom is -0.398 e. The van der Waals surface area contributed by atoms with Gasteiger partial charge >= 0.3 is 0 Å². The fourth-order valence-electron chi connectivity index (χ4n) is 3.00. The van der Waals surface area contributed by atoms with Crippen molar-refractivity contribution >= 4 is 22.9 Å². The van der Waals surface area contributed by atoms with Gasteiger partial charge in [-0.3, -0.25) is 0 Å². The molecule has 25 heavy (non-hydrogen) atoms. The van der Waals surface area contributed by atoms with Gasteiger partial charge in [-0.1, -0.05) is 86.2 Å². The molecule has 126 valence electrons. The van der Waals surface area contributed by atoms with E-state index >= 15 is 0 Å². The van der Waals surface area contributed by atoms with Crippen molar-refractivity contribution in [3.63, 3.8) is 0 Å². The first-order valence-electron chi connectivity index (χ1n) is 8.97. The van der Waals surface area contributed by atoms with Crippen LogP contribution in [0.2, 0.25) is 0 Å². The molecule has 1 heteroatoms. The van der Waals surface area contributed by atoms with Crippen molar-refractivity contribution in [2.45, 2.75) is 26.2 Å². The third-order valence-corrected chi connectivity index (χ3v) is 4.40. The number of nitrogens with two attached hydrogens (primary N) is 1. The fraction of sp³-hybridized carbons (Fsp3) is 0.167. The Balaban J connectivity index is 1.81. The fourth-order valence-corrected chi connectivity index (χ4v) is 3.00. The van der Waals surface area contributed by atoms with E-state index in [9.17, 15) is 0 Å². The minimum absolute atomic E-state index is 0.829. The van der Waals surface area contributed by atoms with E-state index < -0.39 is 0 Å². The largest absolute Gasteiger partial charge is 0.398 e. The number of anilines is 1. The van der Waals surface area contributed by atoms with Crippen LogP contribution < -0.4 is 5.73 Å². The number of hydrogen-bond acceptors (Lipinski definition) is 1. The van der Waals surface area contributed by atoms with E-state index in [1.165, 1.54) is 28.7 Å². The summed E-state index contributed by atoms with van der Waals surface area (Å²) in [4.78, 5) is 0. The summed E-state index contributed by atoms with van der Waals surface area (Å²) in [6.07, 6.45) is 16.3.